The molecule has 0 saturated heterocycles. The number of hydrogen-bond acceptors (Lipinski definition) is 10. The number of carbonyl (C=O) groups excluding carboxylic acids is 1. The van der Waals surface area contributed by atoms with Crippen molar-refractivity contribution >= 4 is 24.7 Å². The number of benzene rings is 2. The zero-order chi connectivity index (χ0) is 33.2. The third-order valence-corrected chi connectivity index (χ3v) is 11.9. The quantitative estimate of drug-likeness (QED) is 0.0584. The lowest BCUT2D eigenvalue weighted by atomic mass is 10.2. The maximum atomic E-state index is 10.9. The monoisotopic (exact) mass is 662 g/mol. The van der Waals surface area contributed by atoms with E-state index in [1.807, 2.05) is 12.1 Å². The van der Waals surface area contributed by atoms with Crippen molar-refractivity contribution in [1.29, 1.82) is 0 Å². The summed E-state index contributed by atoms with van der Waals surface area (Å²) in [6.45, 7) is 17.5. The molecule has 258 valence electrons. The molecular weight excluding hydrogens is 608 g/mol. The zero-order valence-corrected chi connectivity index (χ0v) is 29.0. The molecule has 0 atom stereocenters. The molecule has 0 aliphatic rings. The summed E-state index contributed by atoms with van der Waals surface area (Å²) in [6.07, 6.45) is 1.12. The smallest absolute Gasteiger partial charge is 0.330 e. The fraction of sp³-hybridized carbons (Fsp3) is 0.571. The van der Waals surface area contributed by atoms with E-state index < -0.39 is 14.3 Å². The lowest BCUT2D eigenvalue weighted by Crippen LogP contribution is -2.66. The summed E-state index contributed by atoms with van der Waals surface area (Å²) in [4.78, 5) is 10.9. The van der Waals surface area contributed by atoms with Crippen LogP contribution in [0.3, 0.4) is 0 Å². The minimum Gasteiger partial charge on any atom is -0.460 e. The van der Waals surface area contributed by atoms with Crippen LogP contribution in [0.25, 0.3) is 0 Å². The van der Waals surface area contributed by atoms with Gasteiger partial charge < -0.3 is 42.3 Å². The van der Waals surface area contributed by atoms with E-state index in [9.17, 15) is 4.79 Å². The van der Waals surface area contributed by atoms with Crippen LogP contribution in [0, 0.1) is 0 Å². The molecule has 0 bridgehead atoms. The van der Waals surface area contributed by atoms with Gasteiger partial charge >= 0.3 is 5.97 Å². The Bertz CT molecular complexity index is 993. The Hall–Kier alpha value is -2.45. The van der Waals surface area contributed by atoms with E-state index in [0.717, 1.165) is 6.08 Å². The van der Waals surface area contributed by atoms with Crippen LogP contribution in [0.15, 0.2) is 73.3 Å². The third kappa shape index (κ3) is 15.9. The van der Waals surface area contributed by atoms with Gasteiger partial charge in [-0.3, -0.25) is 0 Å². The van der Waals surface area contributed by atoms with Crippen LogP contribution < -0.4 is 10.4 Å². The lowest BCUT2D eigenvalue weighted by Gasteiger charge is -2.43. The SMILES string of the molecule is C=CC(=O)OCCOCCOCCOCCOCCOCCOCCOCCO[Si](c1ccccc1)(c1ccccc1)C(C)(C)C. The second-order valence-corrected chi connectivity index (χ2v) is 15.5. The number of hydrogen-bond donors (Lipinski definition) is 0. The van der Waals surface area contributed by atoms with Gasteiger partial charge in [-0.1, -0.05) is 88.0 Å². The number of carbonyl (C=O) groups is 1. The van der Waals surface area contributed by atoms with Gasteiger partial charge in [0.25, 0.3) is 8.32 Å². The van der Waals surface area contributed by atoms with Gasteiger partial charge in [0.1, 0.15) is 6.61 Å². The summed E-state index contributed by atoms with van der Waals surface area (Å²) in [7, 11) is -2.54. The number of ether oxygens (including phenoxy) is 8. The van der Waals surface area contributed by atoms with Gasteiger partial charge in [0.2, 0.25) is 0 Å². The maximum Gasteiger partial charge on any atom is 0.330 e. The molecule has 0 spiro atoms. The minimum absolute atomic E-state index is 0.0574. The highest BCUT2D eigenvalue weighted by Gasteiger charge is 2.49. The average Bonchev–Trinajstić information content (AvgIpc) is 3.06. The number of rotatable bonds is 28. The van der Waals surface area contributed by atoms with Crippen molar-refractivity contribution in [2.75, 3.05) is 106 Å². The van der Waals surface area contributed by atoms with E-state index in [1.165, 1.54) is 10.4 Å². The standard InChI is InChI=1S/C35H54O10Si/c1-5-34(36)44-30-28-42-26-24-40-22-20-38-18-16-37-17-19-39-21-23-41-25-27-43-29-31-45-46(35(2,3)4,32-12-8-6-9-13-32)33-14-10-7-11-15-33/h5-15H,1,16-31H2,2-4H3. The molecule has 0 fully saturated rings. The van der Waals surface area contributed by atoms with E-state index in [2.05, 4.69) is 75.9 Å². The largest absolute Gasteiger partial charge is 0.460 e. The Morgan fingerprint density at radius 1 is 0.543 bits per heavy atom. The highest BCUT2D eigenvalue weighted by atomic mass is 28.4. The normalized spacial score (nSPS) is 11.9. The van der Waals surface area contributed by atoms with Crippen LogP contribution in [-0.2, 0) is 47.1 Å². The molecule has 0 unspecified atom stereocenters. The summed E-state index contributed by atoms with van der Waals surface area (Å²) >= 11 is 0. The maximum absolute atomic E-state index is 10.9. The van der Waals surface area contributed by atoms with Gasteiger partial charge in [-0.25, -0.2) is 4.79 Å². The molecule has 2 rings (SSSR count). The Kier molecular flexibility index (Phi) is 21.3. The van der Waals surface area contributed by atoms with E-state index >= 15 is 0 Å². The van der Waals surface area contributed by atoms with E-state index in [4.69, 9.17) is 42.3 Å². The molecule has 0 aromatic heterocycles. The second-order valence-electron chi connectivity index (χ2n) is 11.2. The summed E-state index contributed by atoms with van der Waals surface area (Å²) in [5, 5.41) is 2.47. The molecule has 0 aliphatic heterocycles. The molecule has 2 aromatic rings. The van der Waals surface area contributed by atoms with E-state index in [1.54, 1.807) is 0 Å². The molecule has 0 aliphatic carbocycles. The Balaban J connectivity index is 1.41. The first kappa shape index (κ1) is 39.7. The van der Waals surface area contributed by atoms with Crippen molar-refractivity contribution in [3.63, 3.8) is 0 Å². The third-order valence-electron chi connectivity index (χ3n) is 6.83. The van der Waals surface area contributed by atoms with Crippen LogP contribution in [-0.4, -0.2) is 120 Å². The summed E-state index contributed by atoms with van der Waals surface area (Å²) in [5.41, 5.74) is 0. The fourth-order valence-electron chi connectivity index (χ4n) is 4.70. The van der Waals surface area contributed by atoms with Crippen LogP contribution >= 0.6 is 0 Å². The predicted octanol–water partition coefficient (Wildman–Crippen LogP) is 3.41. The highest BCUT2D eigenvalue weighted by Crippen LogP contribution is 2.36. The van der Waals surface area contributed by atoms with Gasteiger partial charge in [0, 0.05) is 6.08 Å². The molecule has 0 amide bonds. The fourth-order valence-corrected chi connectivity index (χ4v) is 9.24. The van der Waals surface area contributed by atoms with Crippen molar-refractivity contribution in [3.05, 3.63) is 73.3 Å². The molecule has 2 aromatic carbocycles. The molecule has 0 heterocycles. The van der Waals surface area contributed by atoms with Crippen LogP contribution in [0.4, 0.5) is 0 Å². The van der Waals surface area contributed by atoms with Crippen molar-refractivity contribution in [2.24, 2.45) is 0 Å². The topological polar surface area (TPSA) is 100 Å². The zero-order valence-electron chi connectivity index (χ0n) is 28.0. The van der Waals surface area contributed by atoms with Crippen LogP contribution in [0.5, 0.6) is 0 Å². The first-order chi connectivity index (χ1) is 22.4. The summed E-state index contributed by atoms with van der Waals surface area (Å²) < 4.78 is 50.3. The highest BCUT2D eigenvalue weighted by molar-refractivity contribution is 6.99. The van der Waals surface area contributed by atoms with E-state index in [0.29, 0.717) is 99.1 Å². The average molecular weight is 663 g/mol. The van der Waals surface area contributed by atoms with Gasteiger partial charge in [-0.15, -0.1) is 0 Å². The van der Waals surface area contributed by atoms with Gasteiger partial charge in [0.15, 0.2) is 0 Å². The molecule has 46 heavy (non-hydrogen) atoms. The van der Waals surface area contributed by atoms with Gasteiger partial charge in [-0.05, 0) is 15.4 Å². The first-order valence-corrected chi connectivity index (χ1v) is 17.9. The first-order valence-electron chi connectivity index (χ1n) is 16.0. The Labute approximate surface area is 276 Å². The van der Waals surface area contributed by atoms with Crippen molar-refractivity contribution in [2.45, 2.75) is 25.8 Å². The minimum atomic E-state index is -2.54. The number of esters is 1. The van der Waals surface area contributed by atoms with Crippen molar-refractivity contribution in [3.8, 4) is 0 Å². The lowest BCUT2D eigenvalue weighted by molar-refractivity contribution is -0.139. The van der Waals surface area contributed by atoms with Crippen LogP contribution in [0.1, 0.15) is 20.8 Å². The van der Waals surface area contributed by atoms with Gasteiger partial charge in [0.05, 0.1) is 99.1 Å². The van der Waals surface area contributed by atoms with E-state index in [-0.39, 0.29) is 11.6 Å². The molecule has 0 N–H and O–H groups in total. The Morgan fingerprint density at radius 3 is 1.15 bits per heavy atom. The molecule has 0 saturated carbocycles. The van der Waals surface area contributed by atoms with Crippen LogP contribution in [0.2, 0.25) is 5.04 Å². The van der Waals surface area contributed by atoms with Crippen molar-refractivity contribution in [1.82, 2.24) is 0 Å². The van der Waals surface area contributed by atoms with Gasteiger partial charge in [-0.2, -0.15) is 0 Å². The predicted molar refractivity (Wildman–Crippen MR) is 180 cm³/mol. The Morgan fingerprint density at radius 2 is 0.848 bits per heavy atom. The molecule has 11 heteroatoms. The summed E-state index contributed by atoms with van der Waals surface area (Å²) in [5.74, 6) is -0.457. The molecule has 0 radical (unpaired) electrons. The summed E-state index contributed by atoms with van der Waals surface area (Å²) in [6, 6.07) is 21.2. The van der Waals surface area contributed by atoms with Crippen molar-refractivity contribution < 1.29 is 47.1 Å². The second kappa shape index (κ2) is 24.7. The molecule has 10 nitrogen and oxygen atoms in total. The molecular formula is C35H54O10Si.